The van der Waals surface area contributed by atoms with Crippen LogP contribution in [0.4, 0.5) is 0 Å². The van der Waals surface area contributed by atoms with Gasteiger partial charge in [0, 0.05) is 25.6 Å². The van der Waals surface area contributed by atoms with Crippen LogP contribution in [0.3, 0.4) is 0 Å². The van der Waals surface area contributed by atoms with E-state index >= 15 is 0 Å². The Hall–Kier alpha value is -0.0800. The molecule has 1 aliphatic heterocycles. The molecule has 12 heavy (non-hydrogen) atoms. The summed E-state index contributed by atoms with van der Waals surface area (Å²) in [5.74, 6) is 0.560. The molecule has 0 aromatic rings. The fourth-order valence-electron chi connectivity index (χ4n) is 1.47. The van der Waals surface area contributed by atoms with Crippen LogP contribution in [0.15, 0.2) is 0 Å². The molecule has 0 aliphatic carbocycles. The molecule has 0 radical (unpaired) electrons. The first kappa shape index (κ1) is 10.0. The Labute approximate surface area is 75.6 Å². The lowest BCUT2D eigenvalue weighted by Gasteiger charge is -2.39. The van der Waals surface area contributed by atoms with Crippen molar-refractivity contribution in [3.63, 3.8) is 0 Å². The number of likely N-dealkylation sites (tertiary alicyclic amines) is 1. The predicted molar refractivity (Wildman–Crippen MR) is 51.1 cm³/mol. The molecule has 1 N–H and O–H groups in total. The molecule has 0 bridgehead atoms. The maximum Gasteiger partial charge on any atom is 0.0483 e. The maximum absolute atomic E-state index is 8.81. The molecule has 1 fully saturated rings. The van der Waals surface area contributed by atoms with Crippen molar-refractivity contribution in [3.05, 3.63) is 0 Å². The highest BCUT2D eigenvalue weighted by Crippen LogP contribution is 2.22. The smallest absolute Gasteiger partial charge is 0.0483 e. The van der Waals surface area contributed by atoms with E-state index in [1.807, 2.05) is 0 Å². The van der Waals surface area contributed by atoms with Crippen molar-refractivity contribution in [2.24, 2.45) is 11.3 Å². The van der Waals surface area contributed by atoms with E-state index in [4.69, 9.17) is 5.11 Å². The summed E-state index contributed by atoms with van der Waals surface area (Å²) in [4.78, 5) is 2.42. The molecular weight excluding hydrogens is 150 g/mol. The fourth-order valence-corrected chi connectivity index (χ4v) is 1.47. The minimum absolute atomic E-state index is 0.367. The Balaban J connectivity index is 2.04. The fraction of sp³-hybridized carbons (Fsp3) is 1.00. The highest BCUT2D eigenvalue weighted by atomic mass is 16.3. The van der Waals surface area contributed by atoms with E-state index in [0.29, 0.717) is 17.9 Å². The topological polar surface area (TPSA) is 23.5 Å². The summed E-state index contributed by atoms with van der Waals surface area (Å²) < 4.78 is 0. The number of hydrogen-bond acceptors (Lipinski definition) is 2. The Morgan fingerprint density at radius 3 is 2.33 bits per heavy atom. The van der Waals surface area contributed by atoms with Gasteiger partial charge in [0.25, 0.3) is 0 Å². The molecule has 0 saturated carbocycles. The molecule has 1 rings (SSSR count). The van der Waals surface area contributed by atoms with Gasteiger partial charge in [0.1, 0.15) is 0 Å². The zero-order chi connectivity index (χ0) is 9.19. The number of rotatable bonds is 3. The largest absolute Gasteiger partial charge is 0.396 e. The van der Waals surface area contributed by atoms with Crippen molar-refractivity contribution in [2.45, 2.75) is 27.2 Å². The van der Waals surface area contributed by atoms with Gasteiger partial charge in [-0.3, -0.25) is 0 Å². The molecule has 0 aromatic heterocycles. The van der Waals surface area contributed by atoms with Gasteiger partial charge in [-0.05, 0) is 18.4 Å². The molecule has 0 aromatic carbocycles. The van der Waals surface area contributed by atoms with Crippen LogP contribution < -0.4 is 0 Å². The second-order valence-electron chi connectivity index (χ2n) is 5.12. The highest BCUT2D eigenvalue weighted by Gasteiger charge is 2.26. The van der Waals surface area contributed by atoms with Crippen molar-refractivity contribution >= 4 is 0 Å². The van der Waals surface area contributed by atoms with E-state index in [1.54, 1.807) is 0 Å². The Bertz CT molecular complexity index is 133. The van der Waals surface area contributed by atoms with Gasteiger partial charge in [-0.2, -0.15) is 0 Å². The van der Waals surface area contributed by atoms with E-state index in [-0.39, 0.29) is 0 Å². The lowest BCUT2D eigenvalue weighted by molar-refractivity contribution is 0.0461. The molecule has 2 nitrogen and oxygen atoms in total. The van der Waals surface area contributed by atoms with E-state index < -0.39 is 0 Å². The van der Waals surface area contributed by atoms with Gasteiger partial charge in [0.2, 0.25) is 0 Å². The number of aliphatic hydroxyl groups is 1. The number of aliphatic hydroxyl groups excluding tert-OH is 1. The van der Waals surface area contributed by atoms with Crippen molar-refractivity contribution in [3.8, 4) is 0 Å². The molecule has 1 aliphatic rings. The van der Waals surface area contributed by atoms with Gasteiger partial charge in [-0.15, -0.1) is 0 Å². The Morgan fingerprint density at radius 2 is 1.92 bits per heavy atom. The first-order valence-electron chi connectivity index (χ1n) is 4.84. The Morgan fingerprint density at radius 1 is 1.33 bits per heavy atom. The first-order valence-corrected chi connectivity index (χ1v) is 4.84. The molecule has 1 saturated heterocycles. The first-order chi connectivity index (χ1) is 5.51. The zero-order valence-electron chi connectivity index (χ0n) is 8.51. The van der Waals surface area contributed by atoms with E-state index in [1.165, 1.54) is 13.0 Å². The molecule has 0 atom stereocenters. The summed E-state index contributed by atoms with van der Waals surface area (Å²) in [5.41, 5.74) is 0.449. The number of nitrogens with zero attached hydrogens (tertiary/aromatic N) is 1. The third-order valence-electron chi connectivity index (χ3n) is 2.47. The molecule has 72 valence electrons. The lowest BCUT2D eigenvalue weighted by Crippen LogP contribution is -2.49. The standard InChI is InChI=1S/C10H21NO/c1-10(2,3)4-5-11-6-9(7-11)8-12/h9,12H,4-8H2,1-3H3. The minimum Gasteiger partial charge on any atom is -0.396 e. The van der Waals surface area contributed by atoms with Crippen LogP contribution in [0.1, 0.15) is 27.2 Å². The highest BCUT2D eigenvalue weighted by molar-refractivity contribution is 4.79. The minimum atomic E-state index is 0.367. The SMILES string of the molecule is CC(C)(C)CCN1CC(CO)C1. The van der Waals surface area contributed by atoms with Crippen molar-refractivity contribution in [2.75, 3.05) is 26.2 Å². The summed E-state index contributed by atoms with van der Waals surface area (Å²) in [6, 6.07) is 0. The summed E-state index contributed by atoms with van der Waals surface area (Å²) in [6.45, 7) is 10.6. The van der Waals surface area contributed by atoms with E-state index in [9.17, 15) is 0 Å². The van der Waals surface area contributed by atoms with Crippen molar-refractivity contribution < 1.29 is 5.11 Å². The zero-order valence-corrected chi connectivity index (χ0v) is 8.51. The van der Waals surface area contributed by atoms with Crippen LogP contribution in [-0.2, 0) is 0 Å². The van der Waals surface area contributed by atoms with Gasteiger partial charge >= 0.3 is 0 Å². The van der Waals surface area contributed by atoms with Crippen LogP contribution in [0.25, 0.3) is 0 Å². The quantitative estimate of drug-likeness (QED) is 0.693. The van der Waals surface area contributed by atoms with Gasteiger partial charge in [0.05, 0.1) is 0 Å². The normalized spacial score (nSPS) is 21.0. The van der Waals surface area contributed by atoms with Crippen LogP contribution in [0.5, 0.6) is 0 Å². The lowest BCUT2D eigenvalue weighted by atomic mass is 9.90. The monoisotopic (exact) mass is 171 g/mol. The maximum atomic E-state index is 8.81. The predicted octanol–water partition coefficient (Wildman–Crippen LogP) is 1.35. The number of hydrogen-bond donors (Lipinski definition) is 1. The van der Waals surface area contributed by atoms with Crippen LogP contribution >= 0.6 is 0 Å². The Kier molecular flexibility index (Phi) is 3.13. The summed E-state index contributed by atoms with van der Waals surface area (Å²) >= 11 is 0. The van der Waals surface area contributed by atoms with Gasteiger partial charge in [0.15, 0.2) is 0 Å². The van der Waals surface area contributed by atoms with Crippen LogP contribution in [-0.4, -0.2) is 36.2 Å². The third kappa shape index (κ3) is 3.11. The molecule has 0 unspecified atom stereocenters. The average Bonchev–Trinajstić information content (AvgIpc) is 1.82. The van der Waals surface area contributed by atoms with E-state index in [0.717, 1.165) is 13.1 Å². The second kappa shape index (κ2) is 3.75. The van der Waals surface area contributed by atoms with Crippen LogP contribution in [0.2, 0.25) is 0 Å². The average molecular weight is 171 g/mol. The van der Waals surface area contributed by atoms with Crippen molar-refractivity contribution in [1.82, 2.24) is 4.90 Å². The molecule has 0 amide bonds. The molecular formula is C10H21NO. The van der Waals surface area contributed by atoms with Gasteiger partial charge in [-0.1, -0.05) is 20.8 Å². The van der Waals surface area contributed by atoms with Crippen LogP contribution in [0, 0.1) is 11.3 Å². The summed E-state index contributed by atoms with van der Waals surface area (Å²) in [6.07, 6.45) is 1.26. The van der Waals surface area contributed by atoms with Gasteiger partial charge in [-0.25, -0.2) is 0 Å². The van der Waals surface area contributed by atoms with E-state index in [2.05, 4.69) is 25.7 Å². The van der Waals surface area contributed by atoms with Crippen molar-refractivity contribution in [1.29, 1.82) is 0 Å². The third-order valence-corrected chi connectivity index (χ3v) is 2.47. The summed E-state index contributed by atoms with van der Waals surface area (Å²) in [5, 5.41) is 8.81. The summed E-state index contributed by atoms with van der Waals surface area (Å²) in [7, 11) is 0. The molecule has 2 heteroatoms. The molecule has 0 spiro atoms. The van der Waals surface area contributed by atoms with Gasteiger partial charge < -0.3 is 10.0 Å². The molecule has 1 heterocycles. The second-order valence-corrected chi connectivity index (χ2v) is 5.12.